The zero-order chi connectivity index (χ0) is 11.0. The summed E-state index contributed by atoms with van der Waals surface area (Å²) in [6, 6.07) is 9.39. The predicted molar refractivity (Wildman–Crippen MR) is 60.4 cm³/mol. The van der Waals surface area contributed by atoms with Gasteiger partial charge in [-0.25, -0.2) is 0 Å². The number of rotatable bonds is 1. The van der Waals surface area contributed by atoms with Gasteiger partial charge in [0.25, 0.3) is 0 Å². The van der Waals surface area contributed by atoms with E-state index < -0.39 is 0 Å². The molecule has 16 heavy (non-hydrogen) atoms. The van der Waals surface area contributed by atoms with E-state index in [1.807, 2.05) is 18.2 Å². The first-order chi connectivity index (χ1) is 7.84. The van der Waals surface area contributed by atoms with Crippen molar-refractivity contribution >= 4 is 0 Å². The van der Waals surface area contributed by atoms with Crippen LogP contribution in [0.25, 0.3) is 0 Å². The Hall–Kier alpha value is -1.74. The second-order valence-electron chi connectivity index (χ2n) is 4.04. The summed E-state index contributed by atoms with van der Waals surface area (Å²) in [6.45, 7) is 0.956. The third-order valence-electron chi connectivity index (χ3n) is 3.01. The van der Waals surface area contributed by atoms with Crippen molar-refractivity contribution in [3.63, 3.8) is 0 Å². The molecule has 0 amide bonds. The Morgan fingerprint density at radius 2 is 2.00 bits per heavy atom. The van der Waals surface area contributed by atoms with Crippen LogP contribution in [0.5, 0.6) is 5.75 Å². The molecule has 1 unspecified atom stereocenters. The molecule has 1 aromatic heterocycles. The number of fused-ring (bicyclic) bond motifs is 1. The summed E-state index contributed by atoms with van der Waals surface area (Å²) in [5, 5.41) is 12.7. The number of phenols is 1. The number of benzene rings is 1. The molecule has 0 spiro atoms. The standard InChI is InChI=1S/C13H13NO2/c15-11-3-1-9(2-4-11)12-13-10(5-7-14-12)6-8-16-13/h1-4,6,8,12,14-15H,5,7H2. The fourth-order valence-corrected chi connectivity index (χ4v) is 2.19. The molecule has 2 N–H and O–H groups in total. The van der Waals surface area contributed by atoms with Crippen molar-refractivity contribution < 1.29 is 9.52 Å². The third kappa shape index (κ3) is 1.49. The first kappa shape index (κ1) is 9.48. The summed E-state index contributed by atoms with van der Waals surface area (Å²) in [6.07, 6.45) is 2.76. The second kappa shape index (κ2) is 3.68. The lowest BCUT2D eigenvalue weighted by Crippen LogP contribution is -2.29. The molecule has 0 bridgehead atoms. The fraction of sp³-hybridized carbons (Fsp3) is 0.231. The molecule has 0 saturated carbocycles. The fourth-order valence-electron chi connectivity index (χ4n) is 2.19. The smallest absolute Gasteiger partial charge is 0.128 e. The molecule has 2 heterocycles. The Labute approximate surface area is 93.7 Å². The largest absolute Gasteiger partial charge is 0.508 e. The molecule has 0 aliphatic carbocycles. The van der Waals surface area contributed by atoms with Crippen molar-refractivity contribution in [1.29, 1.82) is 0 Å². The van der Waals surface area contributed by atoms with E-state index >= 15 is 0 Å². The normalized spacial score (nSPS) is 19.4. The molecule has 1 aliphatic rings. The maximum absolute atomic E-state index is 9.27. The van der Waals surface area contributed by atoms with Gasteiger partial charge in [-0.1, -0.05) is 12.1 Å². The van der Waals surface area contributed by atoms with E-state index in [0.29, 0.717) is 5.75 Å². The Bertz CT molecular complexity index is 487. The minimum Gasteiger partial charge on any atom is -0.508 e. The highest BCUT2D eigenvalue weighted by atomic mass is 16.3. The van der Waals surface area contributed by atoms with Gasteiger partial charge in [-0.2, -0.15) is 0 Å². The van der Waals surface area contributed by atoms with E-state index in [9.17, 15) is 5.11 Å². The Balaban J connectivity index is 2.00. The second-order valence-corrected chi connectivity index (χ2v) is 4.04. The summed E-state index contributed by atoms with van der Waals surface area (Å²) in [4.78, 5) is 0. The van der Waals surface area contributed by atoms with Crippen LogP contribution in [-0.2, 0) is 6.42 Å². The highest BCUT2D eigenvalue weighted by Gasteiger charge is 2.23. The molecule has 1 atom stereocenters. The number of hydrogen-bond acceptors (Lipinski definition) is 3. The Morgan fingerprint density at radius 3 is 2.81 bits per heavy atom. The van der Waals surface area contributed by atoms with Gasteiger partial charge in [0.15, 0.2) is 0 Å². The van der Waals surface area contributed by atoms with E-state index in [4.69, 9.17) is 4.42 Å². The average molecular weight is 215 g/mol. The van der Waals surface area contributed by atoms with Gasteiger partial charge in [0.2, 0.25) is 0 Å². The maximum Gasteiger partial charge on any atom is 0.128 e. The lowest BCUT2D eigenvalue weighted by Gasteiger charge is -2.23. The number of aromatic hydroxyl groups is 1. The summed E-state index contributed by atoms with van der Waals surface area (Å²) in [7, 11) is 0. The maximum atomic E-state index is 9.27. The summed E-state index contributed by atoms with van der Waals surface area (Å²) >= 11 is 0. The quantitative estimate of drug-likeness (QED) is 0.766. The van der Waals surface area contributed by atoms with Gasteiger partial charge in [0.1, 0.15) is 11.5 Å². The summed E-state index contributed by atoms with van der Waals surface area (Å²) < 4.78 is 5.53. The lowest BCUT2D eigenvalue weighted by molar-refractivity contribution is 0.424. The molecule has 0 saturated heterocycles. The summed E-state index contributed by atoms with van der Waals surface area (Å²) in [5.74, 6) is 1.29. The first-order valence-electron chi connectivity index (χ1n) is 5.43. The average Bonchev–Trinajstić information content (AvgIpc) is 2.78. The van der Waals surface area contributed by atoms with Gasteiger partial charge in [0, 0.05) is 6.54 Å². The van der Waals surface area contributed by atoms with Crippen molar-refractivity contribution in [1.82, 2.24) is 5.32 Å². The minimum absolute atomic E-state index is 0.111. The monoisotopic (exact) mass is 215 g/mol. The van der Waals surface area contributed by atoms with Crippen LogP contribution in [-0.4, -0.2) is 11.7 Å². The summed E-state index contributed by atoms with van der Waals surface area (Å²) in [5.41, 5.74) is 2.39. The van der Waals surface area contributed by atoms with Crippen LogP contribution in [0.1, 0.15) is 22.9 Å². The molecule has 3 nitrogen and oxygen atoms in total. The minimum atomic E-state index is 0.111. The van der Waals surface area contributed by atoms with Gasteiger partial charge in [-0.15, -0.1) is 0 Å². The van der Waals surface area contributed by atoms with Crippen LogP contribution in [0, 0.1) is 0 Å². The zero-order valence-electron chi connectivity index (χ0n) is 8.81. The van der Waals surface area contributed by atoms with Crippen molar-refractivity contribution in [3.05, 3.63) is 53.5 Å². The predicted octanol–water partition coefficient (Wildman–Crippen LogP) is 2.22. The SMILES string of the molecule is Oc1ccc(C2NCCc3ccoc32)cc1. The molecule has 3 rings (SSSR count). The van der Waals surface area contributed by atoms with Gasteiger partial charge < -0.3 is 14.8 Å². The molecule has 2 aromatic rings. The topological polar surface area (TPSA) is 45.4 Å². The van der Waals surface area contributed by atoms with Gasteiger partial charge in [-0.3, -0.25) is 0 Å². The molecular weight excluding hydrogens is 202 g/mol. The van der Waals surface area contributed by atoms with Crippen LogP contribution in [0.2, 0.25) is 0 Å². The van der Waals surface area contributed by atoms with Crippen molar-refractivity contribution in [3.8, 4) is 5.75 Å². The van der Waals surface area contributed by atoms with Crippen LogP contribution in [0.4, 0.5) is 0 Å². The molecule has 1 aromatic carbocycles. The molecule has 0 fully saturated rings. The van der Waals surface area contributed by atoms with Crippen LogP contribution in [0.15, 0.2) is 41.0 Å². The number of hydrogen-bond donors (Lipinski definition) is 2. The molecule has 3 heteroatoms. The third-order valence-corrected chi connectivity index (χ3v) is 3.01. The van der Waals surface area contributed by atoms with Gasteiger partial charge >= 0.3 is 0 Å². The number of furan rings is 1. The van der Waals surface area contributed by atoms with Crippen molar-refractivity contribution in [2.45, 2.75) is 12.5 Å². The van der Waals surface area contributed by atoms with E-state index in [2.05, 4.69) is 5.32 Å². The van der Waals surface area contributed by atoms with E-state index in [-0.39, 0.29) is 6.04 Å². The highest BCUT2D eigenvalue weighted by molar-refractivity contribution is 5.36. The molecule has 1 aliphatic heterocycles. The van der Waals surface area contributed by atoms with Gasteiger partial charge in [-0.05, 0) is 35.7 Å². The molecule has 82 valence electrons. The Kier molecular flexibility index (Phi) is 2.18. The number of nitrogens with one attached hydrogen (secondary N) is 1. The zero-order valence-corrected chi connectivity index (χ0v) is 8.81. The lowest BCUT2D eigenvalue weighted by atomic mass is 9.97. The van der Waals surface area contributed by atoms with Gasteiger partial charge in [0.05, 0.1) is 12.3 Å². The highest BCUT2D eigenvalue weighted by Crippen LogP contribution is 2.29. The first-order valence-corrected chi connectivity index (χ1v) is 5.43. The van der Waals surface area contributed by atoms with Crippen molar-refractivity contribution in [2.24, 2.45) is 0 Å². The van der Waals surface area contributed by atoms with Crippen LogP contribution < -0.4 is 5.32 Å². The Morgan fingerprint density at radius 1 is 1.19 bits per heavy atom. The van der Waals surface area contributed by atoms with E-state index in [1.54, 1.807) is 18.4 Å². The number of phenolic OH excluding ortho intramolecular Hbond substituents is 1. The van der Waals surface area contributed by atoms with Crippen LogP contribution >= 0.6 is 0 Å². The van der Waals surface area contributed by atoms with Crippen LogP contribution in [0.3, 0.4) is 0 Å². The van der Waals surface area contributed by atoms with E-state index in [0.717, 1.165) is 24.3 Å². The van der Waals surface area contributed by atoms with E-state index in [1.165, 1.54) is 5.56 Å². The van der Waals surface area contributed by atoms with Crippen molar-refractivity contribution in [2.75, 3.05) is 6.54 Å². The molecule has 0 radical (unpaired) electrons. The molecular formula is C13H13NO2.